The maximum absolute atomic E-state index is 14.3. The van der Waals surface area contributed by atoms with Crippen molar-refractivity contribution >= 4 is 29.5 Å². The van der Waals surface area contributed by atoms with E-state index < -0.39 is 11.8 Å². The fourth-order valence-corrected chi connectivity index (χ4v) is 2.23. The number of esters is 1. The highest BCUT2D eigenvalue weighted by Crippen LogP contribution is 2.33. The van der Waals surface area contributed by atoms with Crippen LogP contribution in [-0.4, -0.2) is 29.7 Å². The topological polar surface area (TPSA) is 87.3 Å². The largest absolute Gasteiger partial charge is 0.492 e. The van der Waals surface area contributed by atoms with Crippen LogP contribution in [0.25, 0.3) is 17.5 Å². The number of benzene rings is 1. The number of methoxy groups -OCH3 is 1. The van der Waals surface area contributed by atoms with Gasteiger partial charge in [-0.2, -0.15) is 0 Å². The Morgan fingerprint density at radius 3 is 2.75 bits per heavy atom. The molecule has 0 bridgehead atoms. The van der Waals surface area contributed by atoms with Crippen molar-refractivity contribution in [1.82, 2.24) is 9.97 Å². The second kappa shape index (κ2) is 7.27. The third kappa shape index (κ3) is 3.30. The standard InChI is InChI=1S/C16H15ClFN3O3/c1-4-8-13(16(22)23-3)20-15(21-14(8)19)9-6-12(24-5-2)10(17)7-11(9)18/h4,6-7H,1,5H2,2-3H3,(H2,19,20,21). The molecule has 1 aromatic heterocycles. The van der Waals surface area contributed by atoms with Gasteiger partial charge in [-0.25, -0.2) is 19.2 Å². The van der Waals surface area contributed by atoms with Gasteiger partial charge in [-0.15, -0.1) is 0 Å². The molecule has 1 heterocycles. The molecule has 0 unspecified atom stereocenters. The minimum Gasteiger partial charge on any atom is -0.492 e. The summed E-state index contributed by atoms with van der Waals surface area (Å²) in [4.78, 5) is 20.0. The van der Waals surface area contributed by atoms with Gasteiger partial charge in [0.25, 0.3) is 0 Å². The number of nitrogens with zero attached hydrogens (tertiary/aromatic N) is 2. The molecule has 0 saturated carbocycles. The number of carbonyl (C=O) groups is 1. The minimum atomic E-state index is -0.736. The Hall–Kier alpha value is -2.67. The summed E-state index contributed by atoms with van der Waals surface area (Å²) < 4.78 is 24.3. The van der Waals surface area contributed by atoms with Crippen LogP contribution in [0.3, 0.4) is 0 Å². The van der Waals surface area contributed by atoms with Gasteiger partial charge < -0.3 is 15.2 Å². The molecule has 0 aliphatic heterocycles. The number of hydrogen-bond donors (Lipinski definition) is 1. The molecule has 0 aliphatic carbocycles. The van der Waals surface area contributed by atoms with Crippen molar-refractivity contribution in [1.29, 1.82) is 0 Å². The molecule has 0 saturated heterocycles. The highest BCUT2D eigenvalue weighted by Gasteiger charge is 2.21. The lowest BCUT2D eigenvalue weighted by atomic mass is 10.1. The molecule has 1 aromatic carbocycles. The molecule has 2 aromatic rings. The van der Waals surface area contributed by atoms with E-state index in [9.17, 15) is 9.18 Å². The molecule has 24 heavy (non-hydrogen) atoms. The first-order valence-corrected chi connectivity index (χ1v) is 7.31. The molecular formula is C16H15ClFN3O3. The van der Waals surface area contributed by atoms with E-state index in [1.54, 1.807) is 6.92 Å². The molecule has 0 atom stereocenters. The van der Waals surface area contributed by atoms with Gasteiger partial charge in [0, 0.05) is 5.56 Å². The number of nitrogens with two attached hydrogens (primary N) is 1. The summed E-state index contributed by atoms with van der Waals surface area (Å²) in [5, 5.41) is 0.113. The van der Waals surface area contributed by atoms with E-state index in [1.807, 2.05) is 0 Å². The van der Waals surface area contributed by atoms with Crippen molar-refractivity contribution in [2.75, 3.05) is 19.5 Å². The first-order chi connectivity index (χ1) is 11.4. The molecular weight excluding hydrogens is 337 g/mol. The van der Waals surface area contributed by atoms with E-state index in [4.69, 9.17) is 22.1 Å². The van der Waals surface area contributed by atoms with Crippen LogP contribution < -0.4 is 10.5 Å². The predicted octanol–water partition coefficient (Wildman–Crippen LogP) is 3.35. The van der Waals surface area contributed by atoms with E-state index in [1.165, 1.54) is 19.3 Å². The number of aromatic nitrogens is 2. The van der Waals surface area contributed by atoms with Gasteiger partial charge >= 0.3 is 5.97 Å². The first kappa shape index (κ1) is 17.7. The summed E-state index contributed by atoms with van der Waals surface area (Å²) in [6.45, 7) is 5.67. The molecule has 2 N–H and O–H groups in total. The van der Waals surface area contributed by atoms with Crippen LogP contribution in [0.4, 0.5) is 10.2 Å². The number of ether oxygens (including phenoxy) is 2. The van der Waals surface area contributed by atoms with Gasteiger partial charge in [0.15, 0.2) is 11.5 Å². The molecule has 0 fully saturated rings. The van der Waals surface area contributed by atoms with Crippen LogP contribution in [-0.2, 0) is 4.74 Å². The van der Waals surface area contributed by atoms with E-state index in [0.717, 1.165) is 6.07 Å². The third-order valence-corrected chi connectivity index (χ3v) is 3.42. The Morgan fingerprint density at radius 1 is 1.46 bits per heavy atom. The van der Waals surface area contributed by atoms with Crippen LogP contribution in [0, 0.1) is 5.82 Å². The van der Waals surface area contributed by atoms with Crippen molar-refractivity contribution in [3.63, 3.8) is 0 Å². The van der Waals surface area contributed by atoms with Gasteiger partial charge in [-0.05, 0) is 19.1 Å². The molecule has 6 nitrogen and oxygen atoms in total. The zero-order valence-corrected chi connectivity index (χ0v) is 13.9. The van der Waals surface area contributed by atoms with Crippen LogP contribution in [0.2, 0.25) is 5.02 Å². The Balaban J connectivity index is 2.69. The summed E-state index contributed by atoms with van der Waals surface area (Å²) in [5.74, 6) is -1.26. The first-order valence-electron chi connectivity index (χ1n) is 6.93. The summed E-state index contributed by atoms with van der Waals surface area (Å²) in [7, 11) is 1.20. The monoisotopic (exact) mass is 351 g/mol. The minimum absolute atomic E-state index is 0.00434. The van der Waals surface area contributed by atoms with Crippen molar-refractivity contribution in [2.45, 2.75) is 6.92 Å². The fourth-order valence-electron chi connectivity index (χ4n) is 2.03. The van der Waals surface area contributed by atoms with E-state index in [2.05, 4.69) is 21.3 Å². The molecule has 0 aliphatic rings. The number of nitrogen functional groups attached to an aromatic ring is 1. The lowest BCUT2D eigenvalue weighted by molar-refractivity contribution is 0.0593. The Bertz CT molecular complexity index is 812. The zero-order chi connectivity index (χ0) is 17.9. The van der Waals surface area contributed by atoms with Gasteiger partial charge in [0.05, 0.1) is 24.3 Å². The van der Waals surface area contributed by atoms with Crippen molar-refractivity contribution in [3.8, 4) is 17.1 Å². The normalized spacial score (nSPS) is 10.3. The smallest absolute Gasteiger partial charge is 0.357 e. The lowest BCUT2D eigenvalue weighted by Crippen LogP contribution is -2.12. The Labute approximate surface area is 143 Å². The van der Waals surface area contributed by atoms with E-state index in [-0.39, 0.29) is 39.2 Å². The Morgan fingerprint density at radius 2 is 2.17 bits per heavy atom. The maximum Gasteiger partial charge on any atom is 0.357 e. The average molecular weight is 352 g/mol. The highest BCUT2D eigenvalue weighted by atomic mass is 35.5. The van der Waals surface area contributed by atoms with Gasteiger partial charge in [0.2, 0.25) is 0 Å². The van der Waals surface area contributed by atoms with Crippen LogP contribution in [0.1, 0.15) is 23.0 Å². The predicted molar refractivity (Wildman–Crippen MR) is 89.4 cm³/mol. The summed E-state index contributed by atoms with van der Waals surface area (Å²) >= 11 is 5.93. The van der Waals surface area contributed by atoms with E-state index >= 15 is 0 Å². The van der Waals surface area contributed by atoms with Gasteiger partial charge in [0.1, 0.15) is 17.4 Å². The second-order valence-corrected chi connectivity index (χ2v) is 4.99. The zero-order valence-electron chi connectivity index (χ0n) is 13.1. The summed E-state index contributed by atoms with van der Waals surface area (Å²) in [6.07, 6.45) is 1.33. The number of halogens is 2. The molecule has 0 spiro atoms. The molecule has 2 rings (SSSR count). The van der Waals surface area contributed by atoms with Crippen molar-refractivity contribution < 1.29 is 18.7 Å². The number of hydrogen-bond acceptors (Lipinski definition) is 6. The van der Waals surface area contributed by atoms with Crippen LogP contribution in [0.15, 0.2) is 18.7 Å². The summed E-state index contributed by atoms with van der Waals surface area (Å²) in [5.41, 5.74) is 5.93. The Kier molecular flexibility index (Phi) is 5.35. The average Bonchev–Trinajstić information content (AvgIpc) is 2.55. The maximum atomic E-state index is 14.3. The molecule has 126 valence electrons. The SMILES string of the molecule is C=Cc1c(N)nc(-c2cc(OCC)c(Cl)cc2F)nc1C(=O)OC. The van der Waals surface area contributed by atoms with Crippen LogP contribution >= 0.6 is 11.6 Å². The summed E-state index contributed by atoms with van der Waals surface area (Å²) in [6, 6.07) is 2.44. The van der Waals surface area contributed by atoms with E-state index in [0.29, 0.717) is 6.61 Å². The number of carbonyl (C=O) groups excluding carboxylic acids is 1. The fraction of sp³-hybridized carbons (Fsp3) is 0.188. The van der Waals surface area contributed by atoms with Crippen LogP contribution in [0.5, 0.6) is 5.75 Å². The lowest BCUT2D eigenvalue weighted by Gasteiger charge is -2.12. The number of anilines is 1. The third-order valence-electron chi connectivity index (χ3n) is 3.12. The second-order valence-electron chi connectivity index (χ2n) is 4.59. The van der Waals surface area contributed by atoms with Gasteiger partial charge in [-0.1, -0.05) is 24.3 Å². The molecule has 0 radical (unpaired) electrons. The molecule has 8 heteroatoms. The van der Waals surface area contributed by atoms with Gasteiger partial charge in [-0.3, -0.25) is 0 Å². The molecule has 0 amide bonds. The number of rotatable bonds is 5. The van der Waals surface area contributed by atoms with Crippen molar-refractivity contribution in [2.24, 2.45) is 0 Å². The quantitative estimate of drug-likeness (QED) is 0.831. The van der Waals surface area contributed by atoms with Crippen molar-refractivity contribution in [3.05, 3.63) is 40.8 Å². The highest BCUT2D eigenvalue weighted by molar-refractivity contribution is 6.32.